The largest absolute Gasteiger partial charge is 0.494 e. The Labute approximate surface area is 197 Å². The van der Waals surface area contributed by atoms with E-state index < -0.39 is 20.8 Å². The van der Waals surface area contributed by atoms with E-state index in [0.717, 1.165) is 12.1 Å². The molecular formula is C21H25ClFN5O4S. The molecule has 1 heterocycles. The molecule has 3 rings (SSSR count). The summed E-state index contributed by atoms with van der Waals surface area (Å²) >= 11 is 6.40. The van der Waals surface area contributed by atoms with E-state index in [4.69, 9.17) is 32.5 Å². The Balaban J connectivity index is 1.47. The maximum absolute atomic E-state index is 12.9. The maximum atomic E-state index is 12.9. The number of unbranched alkanes of at least 4 members (excludes halogenated alkanes) is 1. The number of nitrogens with zero attached hydrogens (tertiary/aromatic N) is 3. The SMILES string of the molecule is CC1(C)N=C(N)N=C(N)N1c1ccc(OCCCCOc2ccc(S(=O)(=O)F)cc2)c(Cl)c1. The summed E-state index contributed by atoms with van der Waals surface area (Å²) in [6.07, 6.45) is 1.38. The predicted octanol–water partition coefficient (Wildman–Crippen LogP) is 3.42. The van der Waals surface area contributed by atoms with Crippen molar-refractivity contribution >= 4 is 39.4 Å². The highest BCUT2D eigenvalue weighted by molar-refractivity contribution is 7.86. The van der Waals surface area contributed by atoms with Crippen molar-refractivity contribution in [2.24, 2.45) is 21.5 Å². The van der Waals surface area contributed by atoms with Gasteiger partial charge in [0, 0.05) is 5.69 Å². The van der Waals surface area contributed by atoms with Crippen molar-refractivity contribution in [2.75, 3.05) is 18.1 Å². The first-order valence-corrected chi connectivity index (χ1v) is 11.8. The van der Waals surface area contributed by atoms with Gasteiger partial charge in [-0.1, -0.05) is 11.6 Å². The quantitative estimate of drug-likeness (QED) is 0.400. The summed E-state index contributed by atoms with van der Waals surface area (Å²) < 4.78 is 45.8. The summed E-state index contributed by atoms with van der Waals surface area (Å²) in [6.45, 7) is 4.53. The molecule has 0 radical (unpaired) electrons. The van der Waals surface area contributed by atoms with Crippen molar-refractivity contribution in [3.05, 3.63) is 47.5 Å². The Morgan fingerprint density at radius 3 is 2.27 bits per heavy atom. The van der Waals surface area contributed by atoms with Gasteiger partial charge in [0.05, 0.1) is 23.1 Å². The van der Waals surface area contributed by atoms with Crippen LogP contribution in [-0.4, -0.2) is 39.2 Å². The van der Waals surface area contributed by atoms with Crippen LogP contribution in [0.3, 0.4) is 0 Å². The Bertz CT molecular complexity index is 1170. The van der Waals surface area contributed by atoms with Gasteiger partial charge in [-0.05, 0) is 69.2 Å². The van der Waals surface area contributed by atoms with Gasteiger partial charge in [-0.3, -0.25) is 4.90 Å². The molecule has 0 amide bonds. The van der Waals surface area contributed by atoms with Gasteiger partial charge in [0.25, 0.3) is 0 Å². The molecule has 0 saturated carbocycles. The fourth-order valence-corrected chi connectivity index (χ4v) is 3.96. The fourth-order valence-electron chi connectivity index (χ4n) is 3.27. The highest BCUT2D eigenvalue weighted by atomic mass is 35.5. The minimum atomic E-state index is -4.71. The maximum Gasteiger partial charge on any atom is 0.332 e. The summed E-state index contributed by atoms with van der Waals surface area (Å²) in [5.41, 5.74) is 11.7. The molecule has 0 aromatic heterocycles. The molecule has 0 aliphatic carbocycles. The van der Waals surface area contributed by atoms with Crippen molar-refractivity contribution in [1.82, 2.24) is 0 Å². The number of ether oxygens (including phenoxy) is 2. The third-order valence-electron chi connectivity index (χ3n) is 4.74. The molecule has 2 aromatic rings. The Morgan fingerprint density at radius 1 is 1.06 bits per heavy atom. The first-order valence-electron chi connectivity index (χ1n) is 10.1. The van der Waals surface area contributed by atoms with Crippen LogP contribution < -0.4 is 25.8 Å². The number of nitrogens with two attached hydrogens (primary N) is 2. The smallest absolute Gasteiger partial charge is 0.332 e. The normalized spacial score (nSPS) is 15.6. The standard InChI is InChI=1S/C21H25ClFN5O4S/c1-21(2)27-19(24)26-20(25)28(21)14-5-10-18(17(22)13-14)32-12-4-3-11-31-15-6-8-16(9-7-15)33(23,29)30/h5-10,13H,3-4,11-12H2,1-2H3,(H4,24,25,26,27). The second-order valence-corrected chi connectivity index (χ2v) is 9.45. The second-order valence-electron chi connectivity index (χ2n) is 7.70. The van der Waals surface area contributed by atoms with Gasteiger partial charge in [0.2, 0.25) is 11.9 Å². The average Bonchev–Trinajstić information content (AvgIpc) is 2.70. The zero-order valence-corrected chi connectivity index (χ0v) is 19.7. The fraction of sp³-hybridized carbons (Fsp3) is 0.333. The van der Waals surface area contributed by atoms with Gasteiger partial charge >= 0.3 is 10.2 Å². The summed E-state index contributed by atoms with van der Waals surface area (Å²) in [7, 11) is -4.71. The minimum Gasteiger partial charge on any atom is -0.494 e. The van der Waals surface area contributed by atoms with Gasteiger partial charge in [-0.2, -0.15) is 13.4 Å². The lowest BCUT2D eigenvalue weighted by Gasteiger charge is -2.38. The van der Waals surface area contributed by atoms with Crippen LogP contribution in [0.5, 0.6) is 11.5 Å². The highest BCUT2D eigenvalue weighted by Crippen LogP contribution is 2.34. The molecule has 33 heavy (non-hydrogen) atoms. The number of anilines is 1. The van der Waals surface area contributed by atoms with E-state index in [-0.39, 0.29) is 11.9 Å². The Hall–Kier alpha value is -3.05. The lowest BCUT2D eigenvalue weighted by atomic mass is 10.1. The van der Waals surface area contributed by atoms with Crippen molar-refractivity contribution < 1.29 is 21.8 Å². The third-order valence-corrected chi connectivity index (χ3v) is 5.87. The Morgan fingerprint density at radius 2 is 1.70 bits per heavy atom. The number of benzene rings is 2. The monoisotopic (exact) mass is 497 g/mol. The van der Waals surface area contributed by atoms with Gasteiger partial charge in [0.1, 0.15) is 17.2 Å². The van der Waals surface area contributed by atoms with Gasteiger partial charge < -0.3 is 20.9 Å². The van der Waals surface area contributed by atoms with Crippen molar-refractivity contribution in [1.29, 1.82) is 0 Å². The number of halogens is 2. The molecule has 0 fully saturated rings. The van der Waals surface area contributed by atoms with Crippen LogP contribution in [0.1, 0.15) is 26.7 Å². The minimum absolute atomic E-state index is 0.119. The summed E-state index contributed by atoms with van der Waals surface area (Å²) in [5, 5.41) is 0.415. The van der Waals surface area contributed by atoms with E-state index in [1.807, 2.05) is 19.9 Å². The van der Waals surface area contributed by atoms with E-state index in [1.165, 1.54) is 12.1 Å². The topological polar surface area (TPSA) is 133 Å². The molecule has 0 atom stereocenters. The first-order chi connectivity index (χ1) is 15.5. The van der Waals surface area contributed by atoms with Crippen LogP contribution in [-0.2, 0) is 10.2 Å². The zero-order chi connectivity index (χ0) is 24.2. The molecule has 1 aliphatic heterocycles. The Kier molecular flexibility index (Phi) is 7.33. The van der Waals surface area contributed by atoms with Crippen molar-refractivity contribution in [3.8, 4) is 11.5 Å². The van der Waals surface area contributed by atoms with Crippen LogP contribution >= 0.6 is 11.6 Å². The number of hydrogen-bond donors (Lipinski definition) is 2. The molecule has 4 N–H and O–H groups in total. The molecule has 0 spiro atoms. The van der Waals surface area contributed by atoms with Crippen LogP contribution in [0.2, 0.25) is 5.02 Å². The number of rotatable bonds is 9. The van der Waals surface area contributed by atoms with E-state index in [2.05, 4.69) is 9.98 Å². The molecule has 1 aliphatic rings. The lowest BCUT2D eigenvalue weighted by molar-refractivity contribution is 0.266. The van der Waals surface area contributed by atoms with Crippen LogP contribution in [0.15, 0.2) is 57.3 Å². The average molecular weight is 498 g/mol. The van der Waals surface area contributed by atoms with Gasteiger partial charge in [-0.25, -0.2) is 4.99 Å². The zero-order valence-electron chi connectivity index (χ0n) is 18.2. The molecule has 0 unspecified atom stereocenters. The molecule has 12 heteroatoms. The molecule has 2 aromatic carbocycles. The summed E-state index contributed by atoms with van der Waals surface area (Å²) in [6, 6.07) is 10.4. The number of hydrogen-bond acceptors (Lipinski definition) is 9. The van der Waals surface area contributed by atoms with Crippen molar-refractivity contribution in [3.63, 3.8) is 0 Å². The van der Waals surface area contributed by atoms with Crippen molar-refractivity contribution in [2.45, 2.75) is 37.2 Å². The van der Waals surface area contributed by atoms with Gasteiger partial charge in [-0.15, -0.1) is 3.89 Å². The molecule has 0 saturated heterocycles. The second kappa shape index (κ2) is 9.84. The molecule has 0 bridgehead atoms. The van der Waals surface area contributed by atoms with E-state index >= 15 is 0 Å². The number of aliphatic imine (C=N–C) groups is 2. The van der Waals surface area contributed by atoms with Crippen LogP contribution in [0, 0.1) is 0 Å². The van der Waals surface area contributed by atoms with Crippen LogP contribution in [0.25, 0.3) is 0 Å². The summed E-state index contributed by atoms with van der Waals surface area (Å²) in [5.74, 6) is 1.32. The summed E-state index contributed by atoms with van der Waals surface area (Å²) in [4.78, 5) is 9.66. The molecule has 178 valence electrons. The van der Waals surface area contributed by atoms with Gasteiger partial charge in [0.15, 0.2) is 0 Å². The van der Waals surface area contributed by atoms with E-state index in [1.54, 1.807) is 17.0 Å². The first kappa shape index (κ1) is 24.6. The lowest BCUT2D eigenvalue weighted by Crippen LogP contribution is -2.54. The van der Waals surface area contributed by atoms with E-state index in [0.29, 0.717) is 48.3 Å². The predicted molar refractivity (Wildman–Crippen MR) is 126 cm³/mol. The van der Waals surface area contributed by atoms with Crippen LogP contribution in [0.4, 0.5) is 9.57 Å². The molecule has 9 nitrogen and oxygen atoms in total. The molecular weight excluding hydrogens is 473 g/mol. The highest BCUT2D eigenvalue weighted by Gasteiger charge is 2.33. The third kappa shape index (κ3) is 6.26. The van der Waals surface area contributed by atoms with E-state index in [9.17, 15) is 12.3 Å². The number of guanidine groups is 2.